The summed E-state index contributed by atoms with van der Waals surface area (Å²) in [7, 11) is 0. The minimum Gasteiger partial charge on any atom is -0.480 e. The molecule has 0 aromatic heterocycles. The molecule has 0 bridgehead atoms. The molecule has 1 amide bonds. The molecule has 0 spiro atoms. The van der Waals surface area contributed by atoms with Crippen molar-refractivity contribution in [1.82, 2.24) is 14.7 Å². The topological polar surface area (TPSA) is 81.2 Å². The summed E-state index contributed by atoms with van der Waals surface area (Å²) in [6, 6.07) is 5.20. The van der Waals surface area contributed by atoms with Crippen LogP contribution in [0.5, 0.6) is 0 Å². The first-order valence-electron chi connectivity index (χ1n) is 11.9. The second kappa shape index (κ2) is 13.2. The Bertz CT molecular complexity index is 994. The van der Waals surface area contributed by atoms with Crippen molar-refractivity contribution in [2.24, 2.45) is 5.92 Å². The molecule has 1 saturated carbocycles. The number of piperazine rings is 1. The van der Waals surface area contributed by atoms with E-state index in [0.717, 1.165) is 24.8 Å². The number of carbonyl (C=O) groups excluding carboxylic acids is 2. The molecule has 3 atom stereocenters. The average Bonchev–Trinajstić information content (AvgIpc) is 3.66. The van der Waals surface area contributed by atoms with Crippen LogP contribution < -0.4 is 0 Å². The quantitative estimate of drug-likeness (QED) is 0.374. The van der Waals surface area contributed by atoms with Crippen LogP contribution >= 0.6 is 37.4 Å². The van der Waals surface area contributed by atoms with E-state index < -0.39 is 18.1 Å². The largest absolute Gasteiger partial charge is 0.480 e. The molecule has 3 aliphatic rings. The summed E-state index contributed by atoms with van der Waals surface area (Å²) in [5.74, 6) is -1.31. The molecule has 1 N–H and O–H groups in total. The number of rotatable bonds is 8. The third-order valence-corrected chi connectivity index (χ3v) is 7.73. The molecule has 0 radical (unpaired) electrons. The molecule has 4 rings (SSSR count). The van der Waals surface area contributed by atoms with Crippen LogP contribution in [0, 0.1) is 11.7 Å². The number of carboxylic acid groups (broad SMARTS) is 1. The van der Waals surface area contributed by atoms with Gasteiger partial charge in [0.15, 0.2) is 5.78 Å². The Morgan fingerprint density at radius 1 is 1.11 bits per heavy atom. The maximum Gasteiger partial charge on any atom is 0.320 e. The van der Waals surface area contributed by atoms with E-state index in [9.17, 15) is 23.9 Å². The normalized spacial score (nSPS) is 24.0. The fourth-order valence-corrected chi connectivity index (χ4v) is 5.07. The molecule has 200 valence electrons. The van der Waals surface area contributed by atoms with Gasteiger partial charge in [0.1, 0.15) is 11.9 Å². The number of halogens is 3. The second-order valence-corrected chi connectivity index (χ2v) is 10.1. The first kappa shape index (κ1) is 30.6. The van der Waals surface area contributed by atoms with Crippen LogP contribution in [0.2, 0.25) is 0 Å². The lowest BCUT2D eigenvalue weighted by molar-refractivity contribution is -0.146. The van der Waals surface area contributed by atoms with Gasteiger partial charge >= 0.3 is 5.97 Å². The summed E-state index contributed by atoms with van der Waals surface area (Å²) in [6.07, 6.45) is 4.46. The molecule has 1 aromatic carbocycles. The van der Waals surface area contributed by atoms with Crippen molar-refractivity contribution in [2.45, 2.75) is 43.5 Å². The van der Waals surface area contributed by atoms with Crippen molar-refractivity contribution in [3.05, 3.63) is 47.3 Å². The van der Waals surface area contributed by atoms with Crippen molar-refractivity contribution in [2.75, 3.05) is 39.3 Å². The minimum atomic E-state index is -0.936. The molecule has 2 saturated heterocycles. The Morgan fingerprint density at radius 2 is 1.81 bits per heavy atom. The van der Waals surface area contributed by atoms with Gasteiger partial charge in [-0.05, 0) is 37.8 Å². The Balaban J connectivity index is 0.00000228. The number of nitrogens with zero attached hydrogens (tertiary/aromatic N) is 3. The van der Waals surface area contributed by atoms with E-state index in [4.69, 9.17) is 12.6 Å². The number of carboxylic acids is 1. The van der Waals surface area contributed by atoms with Gasteiger partial charge < -0.3 is 10.0 Å². The van der Waals surface area contributed by atoms with E-state index in [1.807, 2.05) is 11.0 Å². The maximum absolute atomic E-state index is 14.7. The number of piperidine rings is 1. The number of likely N-dealkylation sites (tertiary alicyclic amines) is 1. The third-order valence-electron chi connectivity index (χ3n) is 7.14. The van der Waals surface area contributed by atoms with Gasteiger partial charge in [-0.15, -0.1) is 24.8 Å². The standard InChI is InChI=1S/C25H32FN3O4S.2ClH/c1-16(25(32)33)28-13-12-27(22(30)15-28)10-8-18-14-29(11-9-21(18)34)23(24(31)17-6-7-17)19-4-2-3-5-20(19)26;;/h2-5,8,16-17,21,23,34H,6-7,9-15H2,1H3,(H,32,33);2*1H/b18-8-;;. The predicted octanol–water partition coefficient (Wildman–Crippen LogP) is 3.24. The van der Waals surface area contributed by atoms with E-state index in [-0.39, 0.29) is 60.0 Å². The molecule has 1 aliphatic carbocycles. The van der Waals surface area contributed by atoms with Crippen molar-refractivity contribution in [1.29, 1.82) is 0 Å². The first-order valence-corrected chi connectivity index (χ1v) is 12.4. The van der Waals surface area contributed by atoms with Crippen molar-refractivity contribution in [3.8, 4) is 0 Å². The number of thiol groups is 1. The number of benzene rings is 1. The van der Waals surface area contributed by atoms with Crippen LogP contribution in [-0.4, -0.2) is 88.0 Å². The van der Waals surface area contributed by atoms with E-state index in [1.54, 1.807) is 34.9 Å². The molecule has 2 aliphatic heterocycles. The van der Waals surface area contributed by atoms with Gasteiger partial charge in [-0.1, -0.05) is 24.3 Å². The molecule has 3 unspecified atom stereocenters. The third kappa shape index (κ3) is 7.01. The Hall–Kier alpha value is -1.65. The summed E-state index contributed by atoms with van der Waals surface area (Å²) < 4.78 is 14.7. The molecule has 2 heterocycles. The molecule has 7 nitrogen and oxygen atoms in total. The van der Waals surface area contributed by atoms with Crippen LogP contribution in [0.4, 0.5) is 4.39 Å². The number of carbonyl (C=O) groups is 3. The first-order chi connectivity index (χ1) is 16.3. The number of amides is 1. The summed E-state index contributed by atoms with van der Waals surface area (Å²) in [6.45, 7) is 4.19. The zero-order chi connectivity index (χ0) is 24.4. The number of aliphatic carboxylic acids is 1. The number of Topliss-reactive ketones (excluding diaryl/α,β-unsaturated/α-hetero) is 1. The number of hydrogen-bond donors (Lipinski definition) is 2. The van der Waals surface area contributed by atoms with Gasteiger partial charge in [0, 0.05) is 49.5 Å². The molecular formula is C25H34Cl2FN3O4S. The fraction of sp³-hybridized carbons (Fsp3) is 0.560. The SMILES string of the molecule is CC(C(=O)O)N1CCN(C/C=C2/CN(C(C(=O)C3CC3)c3ccccc3F)CCC2S)C(=O)C1.Cl.Cl. The zero-order valence-electron chi connectivity index (χ0n) is 20.2. The lowest BCUT2D eigenvalue weighted by atomic mass is 9.93. The van der Waals surface area contributed by atoms with Gasteiger partial charge in [0.05, 0.1) is 12.6 Å². The van der Waals surface area contributed by atoms with Crippen LogP contribution in [0.25, 0.3) is 0 Å². The van der Waals surface area contributed by atoms with Crippen LogP contribution in [0.3, 0.4) is 0 Å². The summed E-state index contributed by atoms with van der Waals surface area (Å²) in [5.41, 5.74) is 1.45. The smallest absolute Gasteiger partial charge is 0.320 e. The van der Waals surface area contributed by atoms with E-state index in [1.165, 1.54) is 6.07 Å². The van der Waals surface area contributed by atoms with Gasteiger partial charge in [0.2, 0.25) is 5.91 Å². The fourth-order valence-electron chi connectivity index (χ4n) is 4.77. The highest BCUT2D eigenvalue weighted by Crippen LogP contribution is 2.39. The number of ketones is 1. The minimum absolute atomic E-state index is 0. The van der Waals surface area contributed by atoms with E-state index in [0.29, 0.717) is 38.3 Å². The average molecular weight is 563 g/mol. The molecule has 36 heavy (non-hydrogen) atoms. The van der Waals surface area contributed by atoms with Gasteiger partial charge in [-0.25, -0.2) is 4.39 Å². The highest BCUT2D eigenvalue weighted by molar-refractivity contribution is 7.81. The van der Waals surface area contributed by atoms with Crippen molar-refractivity contribution in [3.63, 3.8) is 0 Å². The Labute approximate surface area is 229 Å². The second-order valence-electron chi connectivity index (χ2n) is 9.48. The van der Waals surface area contributed by atoms with Crippen LogP contribution in [0.1, 0.15) is 37.8 Å². The highest BCUT2D eigenvalue weighted by atomic mass is 35.5. The summed E-state index contributed by atoms with van der Waals surface area (Å²) in [5, 5.41) is 9.21. The van der Waals surface area contributed by atoms with Crippen molar-refractivity contribution < 1.29 is 23.9 Å². The van der Waals surface area contributed by atoms with Gasteiger partial charge in [0.25, 0.3) is 0 Å². The zero-order valence-corrected chi connectivity index (χ0v) is 22.7. The maximum atomic E-state index is 14.7. The van der Waals surface area contributed by atoms with Crippen LogP contribution in [0.15, 0.2) is 35.9 Å². The van der Waals surface area contributed by atoms with Crippen LogP contribution in [-0.2, 0) is 14.4 Å². The molecular weight excluding hydrogens is 528 g/mol. The summed E-state index contributed by atoms with van der Waals surface area (Å²) >= 11 is 4.73. The van der Waals surface area contributed by atoms with Crippen molar-refractivity contribution >= 4 is 55.1 Å². The Morgan fingerprint density at radius 3 is 2.42 bits per heavy atom. The highest BCUT2D eigenvalue weighted by Gasteiger charge is 2.41. The number of hydrogen-bond acceptors (Lipinski definition) is 6. The van der Waals surface area contributed by atoms with E-state index >= 15 is 0 Å². The lowest BCUT2D eigenvalue weighted by Gasteiger charge is -2.38. The van der Waals surface area contributed by atoms with Gasteiger partial charge in [-0.3, -0.25) is 24.2 Å². The summed E-state index contributed by atoms with van der Waals surface area (Å²) in [4.78, 5) is 42.4. The van der Waals surface area contributed by atoms with E-state index in [2.05, 4.69) is 0 Å². The lowest BCUT2D eigenvalue weighted by Crippen LogP contribution is -2.54. The monoisotopic (exact) mass is 561 g/mol. The molecule has 1 aromatic rings. The molecule has 11 heteroatoms. The molecule has 3 fully saturated rings. The predicted molar refractivity (Wildman–Crippen MR) is 144 cm³/mol. The van der Waals surface area contributed by atoms with Gasteiger partial charge in [-0.2, -0.15) is 12.6 Å². The Kier molecular flexibility index (Phi) is 11.2.